The number of hydrogen-bond acceptors (Lipinski definition) is 2. The average molecular weight is 380 g/mol. The Bertz CT molecular complexity index is 688. The van der Waals surface area contributed by atoms with Crippen molar-refractivity contribution in [1.82, 2.24) is 15.2 Å². The molecule has 1 atom stereocenters. The number of H-pyrrole nitrogens is 1. The molecule has 0 amide bonds. The molecule has 2 aliphatic heterocycles. The van der Waals surface area contributed by atoms with Gasteiger partial charge in [0, 0.05) is 17.1 Å². The third-order valence-corrected chi connectivity index (χ3v) is 6.19. The summed E-state index contributed by atoms with van der Waals surface area (Å²) in [6.07, 6.45) is 9.93. The lowest BCUT2D eigenvalue weighted by molar-refractivity contribution is 0.202. The van der Waals surface area contributed by atoms with Crippen LogP contribution in [0.1, 0.15) is 50.0 Å². The average Bonchev–Trinajstić information content (AvgIpc) is 3.06. The number of hydrogen-bond donors (Lipinski definition) is 2. The molecule has 0 radical (unpaired) electrons. The number of fused-ring (bicyclic) bond motifs is 1. The second-order valence-corrected chi connectivity index (χ2v) is 7.90. The van der Waals surface area contributed by atoms with Crippen molar-refractivity contribution in [3.63, 3.8) is 0 Å². The van der Waals surface area contributed by atoms with E-state index in [4.69, 9.17) is 0 Å². The van der Waals surface area contributed by atoms with Gasteiger partial charge in [-0.25, -0.2) is 4.39 Å². The van der Waals surface area contributed by atoms with Crippen LogP contribution >= 0.6 is 12.4 Å². The zero-order valence-corrected chi connectivity index (χ0v) is 16.3. The Hall–Kier alpha value is -1.10. The van der Waals surface area contributed by atoms with Gasteiger partial charge < -0.3 is 15.2 Å². The summed E-state index contributed by atoms with van der Waals surface area (Å²) in [5.41, 5.74) is 2.36. The van der Waals surface area contributed by atoms with Crippen molar-refractivity contribution >= 4 is 23.3 Å². The normalized spacial score (nSPS) is 22.4. The number of rotatable bonds is 5. The van der Waals surface area contributed by atoms with E-state index in [1.165, 1.54) is 82.9 Å². The highest BCUT2D eigenvalue weighted by atomic mass is 35.5. The van der Waals surface area contributed by atoms with Crippen LogP contribution in [0.4, 0.5) is 4.39 Å². The number of benzene rings is 1. The molecule has 1 unspecified atom stereocenters. The zero-order valence-electron chi connectivity index (χ0n) is 15.5. The van der Waals surface area contributed by atoms with Crippen molar-refractivity contribution in [1.29, 1.82) is 0 Å². The molecule has 2 aromatic rings. The maximum atomic E-state index is 13.6. The highest BCUT2D eigenvalue weighted by molar-refractivity contribution is 5.85. The van der Waals surface area contributed by atoms with Gasteiger partial charge in [0.1, 0.15) is 5.82 Å². The van der Waals surface area contributed by atoms with Crippen LogP contribution in [-0.4, -0.2) is 42.6 Å². The van der Waals surface area contributed by atoms with Crippen molar-refractivity contribution in [2.75, 3.05) is 32.7 Å². The molecule has 2 N–H and O–H groups in total. The molecule has 0 saturated carbocycles. The lowest BCUT2D eigenvalue weighted by Crippen LogP contribution is -2.34. The van der Waals surface area contributed by atoms with Crippen LogP contribution in [0.25, 0.3) is 10.9 Å². The van der Waals surface area contributed by atoms with Gasteiger partial charge in [0.2, 0.25) is 0 Å². The van der Waals surface area contributed by atoms with E-state index in [0.717, 1.165) is 16.8 Å². The van der Waals surface area contributed by atoms with Gasteiger partial charge in [-0.2, -0.15) is 0 Å². The fourth-order valence-corrected chi connectivity index (χ4v) is 4.69. The van der Waals surface area contributed by atoms with Gasteiger partial charge in [-0.15, -0.1) is 12.4 Å². The van der Waals surface area contributed by atoms with Crippen LogP contribution < -0.4 is 5.32 Å². The van der Waals surface area contributed by atoms with Crippen LogP contribution in [0.3, 0.4) is 0 Å². The minimum atomic E-state index is -0.136. The zero-order chi connectivity index (χ0) is 17.1. The van der Waals surface area contributed by atoms with Crippen LogP contribution in [-0.2, 0) is 0 Å². The lowest BCUT2D eigenvalue weighted by Gasteiger charge is -2.32. The topological polar surface area (TPSA) is 31.1 Å². The van der Waals surface area contributed by atoms with Gasteiger partial charge in [0.25, 0.3) is 0 Å². The van der Waals surface area contributed by atoms with Gasteiger partial charge in [-0.3, -0.25) is 0 Å². The van der Waals surface area contributed by atoms with Crippen LogP contribution in [0.15, 0.2) is 24.4 Å². The summed E-state index contributed by atoms with van der Waals surface area (Å²) in [5, 5.41) is 4.59. The van der Waals surface area contributed by atoms with Crippen LogP contribution in [0.2, 0.25) is 0 Å². The fraction of sp³-hybridized carbons (Fsp3) is 0.619. The highest BCUT2D eigenvalue weighted by Gasteiger charge is 2.23. The van der Waals surface area contributed by atoms with Gasteiger partial charge >= 0.3 is 0 Å². The summed E-state index contributed by atoms with van der Waals surface area (Å²) in [7, 11) is 0. The van der Waals surface area contributed by atoms with Crippen molar-refractivity contribution in [3.05, 3.63) is 35.8 Å². The minimum Gasteiger partial charge on any atom is -0.361 e. The van der Waals surface area contributed by atoms with Gasteiger partial charge in [0.05, 0.1) is 0 Å². The van der Waals surface area contributed by atoms with E-state index in [0.29, 0.717) is 5.92 Å². The molecule has 3 heterocycles. The maximum Gasteiger partial charge on any atom is 0.123 e. The SMILES string of the molecule is Cl.Fc1ccc2[nH]cc(C3CCN(CCCC4CCCNC4)CC3)c2c1. The van der Waals surface area contributed by atoms with Crippen LogP contribution in [0.5, 0.6) is 0 Å². The molecule has 3 nitrogen and oxygen atoms in total. The molecule has 144 valence electrons. The second-order valence-electron chi connectivity index (χ2n) is 7.90. The molecule has 2 aliphatic rings. The molecule has 2 saturated heterocycles. The van der Waals surface area contributed by atoms with Crippen molar-refractivity contribution in [3.8, 4) is 0 Å². The third-order valence-electron chi connectivity index (χ3n) is 6.19. The van der Waals surface area contributed by atoms with E-state index in [1.807, 2.05) is 6.07 Å². The number of aromatic amines is 1. The van der Waals surface area contributed by atoms with Gasteiger partial charge in [-0.1, -0.05) is 0 Å². The Balaban J connectivity index is 0.00000196. The molecule has 26 heavy (non-hydrogen) atoms. The monoisotopic (exact) mass is 379 g/mol. The minimum absolute atomic E-state index is 0. The highest BCUT2D eigenvalue weighted by Crippen LogP contribution is 2.33. The summed E-state index contributed by atoms with van der Waals surface area (Å²) in [6, 6.07) is 5.07. The number of likely N-dealkylation sites (tertiary alicyclic amines) is 1. The maximum absolute atomic E-state index is 13.6. The Morgan fingerprint density at radius 3 is 2.77 bits per heavy atom. The standard InChI is InChI=1S/C21H30FN3.ClH/c22-18-5-6-21-19(13-18)20(15-24-21)17-7-11-25(12-8-17)10-2-4-16-3-1-9-23-14-16;/h5-6,13,15-17,23-24H,1-4,7-12,14H2;1H. The first-order valence-electron chi connectivity index (χ1n) is 9.99. The Labute approximate surface area is 162 Å². The summed E-state index contributed by atoms with van der Waals surface area (Å²) in [4.78, 5) is 5.94. The molecule has 2 fully saturated rings. The van der Waals surface area contributed by atoms with E-state index in [9.17, 15) is 4.39 Å². The lowest BCUT2D eigenvalue weighted by atomic mass is 9.89. The number of nitrogens with zero attached hydrogens (tertiary/aromatic N) is 1. The van der Waals surface area contributed by atoms with Crippen molar-refractivity contribution in [2.24, 2.45) is 5.92 Å². The summed E-state index contributed by atoms with van der Waals surface area (Å²) >= 11 is 0. The first-order chi connectivity index (χ1) is 12.3. The molecule has 1 aromatic heterocycles. The molecule has 0 aliphatic carbocycles. The van der Waals surface area contributed by atoms with E-state index in [-0.39, 0.29) is 18.2 Å². The largest absolute Gasteiger partial charge is 0.361 e. The van der Waals surface area contributed by atoms with E-state index < -0.39 is 0 Å². The number of aromatic nitrogens is 1. The summed E-state index contributed by atoms with van der Waals surface area (Å²) in [5.74, 6) is 1.32. The first kappa shape index (κ1) is 19.7. The Morgan fingerprint density at radius 2 is 2.00 bits per heavy atom. The predicted molar refractivity (Wildman–Crippen MR) is 109 cm³/mol. The Morgan fingerprint density at radius 1 is 1.15 bits per heavy atom. The molecule has 0 spiro atoms. The molecular formula is C21H31ClFN3. The van der Waals surface area contributed by atoms with E-state index in [2.05, 4.69) is 21.4 Å². The van der Waals surface area contributed by atoms with Crippen molar-refractivity contribution < 1.29 is 4.39 Å². The first-order valence-corrected chi connectivity index (χ1v) is 9.99. The molecular weight excluding hydrogens is 349 g/mol. The van der Waals surface area contributed by atoms with E-state index >= 15 is 0 Å². The molecule has 0 bridgehead atoms. The third kappa shape index (κ3) is 4.59. The number of nitrogens with one attached hydrogen (secondary N) is 2. The quantitative estimate of drug-likeness (QED) is 0.789. The van der Waals surface area contributed by atoms with Gasteiger partial charge in [0.15, 0.2) is 0 Å². The Kier molecular flexibility index (Phi) is 6.96. The predicted octanol–water partition coefficient (Wildman–Crippen LogP) is 4.69. The smallest absolute Gasteiger partial charge is 0.123 e. The van der Waals surface area contributed by atoms with Crippen LogP contribution in [0, 0.1) is 11.7 Å². The van der Waals surface area contributed by atoms with Crippen molar-refractivity contribution in [2.45, 2.75) is 44.4 Å². The molecule has 5 heteroatoms. The molecule has 1 aromatic carbocycles. The summed E-state index contributed by atoms with van der Waals surface area (Å²) < 4.78 is 13.6. The number of piperidine rings is 2. The second kappa shape index (κ2) is 9.20. The number of halogens is 2. The fourth-order valence-electron chi connectivity index (χ4n) is 4.69. The van der Waals surface area contributed by atoms with Gasteiger partial charge in [-0.05, 0) is 107 Å². The van der Waals surface area contributed by atoms with E-state index in [1.54, 1.807) is 6.07 Å². The molecule has 4 rings (SSSR count). The summed E-state index contributed by atoms with van der Waals surface area (Å²) in [6.45, 7) is 6.03.